The number of morpholine rings is 1. The predicted molar refractivity (Wildman–Crippen MR) is 74.8 cm³/mol. The summed E-state index contributed by atoms with van der Waals surface area (Å²) >= 11 is 0. The third-order valence-electron chi connectivity index (χ3n) is 3.42. The Morgan fingerprint density at radius 1 is 1.45 bits per heavy atom. The van der Waals surface area contributed by atoms with Gasteiger partial charge in [0.25, 0.3) is 5.69 Å². The van der Waals surface area contributed by atoms with Crippen LogP contribution in [0.25, 0.3) is 0 Å². The molecule has 7 nitrogen and oxygen atoms in total. The minimum absolute atomic E-state index is 0.0415. The van der Waals surface area contributed by atoms with Gasteiger partial charge in [0.05, 0.1) is 18.1 Å². The second-order valence-corrected chi connectivity index (χ2v) is 4.72. The Kier molecular flexibility index (Phi) is 4.89. The molecule has 1 atom stereocenters. The molecule has 2 rings (SSSR count). The van der Waals surface area contributed by atoms with E-state index in [1.165, 1.54) is 6.07 Å². The summed E-state index contributed by atoms with van der Waals surface area (Å²) in [5.41, 5.74) is 7.21. The number of ether oxygens (including phenoxy) is 1. The molecule has 1 aliphatic rings. The Balaban J connectivity index is 2.30. The van der Waals surface area contributed by atoms with Gasteiger partial charge in [-0.15, -0.1) is 0 Å². The summed E-state index contributed by atoms with van der Waals surface area (Å²) in [6, 6.07) is 4.64. The monoisotopic (exact) mass is 281 g/mol. The second kappa shape index (κ2) is 6.65. The zero-order valence-corrected chi connectivity index (χ0v) is 11.2. The van der Waals surface area contributed by atoms with Gasteiger partial charge in [-0.05, 0) is 18.1 Å². The molecule has 3 N–H and O–H groups in total. The lowest BCUT2D eigenvalue weighted by Crippen LogP contribution is -2.36. The molecule has 0 saturated carbocycles. The predicted octanol–water partition coefficient (Wildman–Crippen LogP) is 0.814. The molecule has 0 aliphatic carbocycles. The van der Waals surface area contributed by atoms with E-state index < -0.39 is 6.04 Å². The lowest BCUT2D eigenvalue weighted by molar-refractivity contribution is -0.384. The molecule has 1 aromatic carbocycles. The molecular formula is C13H19N3O4. The first-order valence-corrected chi connectivity index (χ1v) is 6.61. The number of nitrogens with zero attached hydrogens (tertiary/aromatic N) is 2. The molecule has 0 bridgehead atoms. The van der Waals surface area contributed by atoms with Gasteiger partial charge in [0, 0.05) is 31.8 Å². The zero-order chi connectivity index (χ0) is 14.5. The van der Waals surface area contributed by atoms with Crippen LogP contribution in [0.5, 0.6) is 0 Å². The van der Waals surface area contributed by atoms with Gasteiger partial charge in [0.15, 0.2) is 0 Å². The van der Waals surface area contributed by atoms with E-state index in [1.54, 1.807) is 12.1 Å². The molecule has 1 aliphatic heterocycles. The summed E-state index contributed by atoms with van der Waals surface area (Å²) in [4.78, 5) is 12.8. The van der Waals surface area contributed by atoms with Crippen molar-refractivity contribution in [3.63, 3.8) is 0 Å². The molecule has 0 amide bonds. The van der Waals surface area contributed by atoms with E-state index in [4.69, 9.17) is 15.6 Å². The van der Waals surface area contributed by atoms with E-state index in [0.29, 0.717) is 44.0 Å². The van der Waals surface area contributed by atoms with E-state index in [9.17, 15) is 10.1 Å². The number of nitrogens with two attached hydrogens (primary N) is 1. The minimum atomic E-state index is -0.391. The number of hydrogen-bond acceptors (Lipinski definition) is 6. The van der Waals surface area contributed by atoms with Crippen molar-refractivity contribution in [1.29, 1.82) is 0 Å². The van der Waals surface area contributed by atoms with Crippen LogP contribution in [0.4, 0.5) is 11.4 Å². The van der Waals surface area contributed by atoms with Crippen LogP contribution in [0.1, 0.15) is 18.0 Å². The van der Waals surface area contributed by atoms with Crippen molar-refractivity contribution in [2.24, 2.45) is 5.73 Å². The van der Waals surface area contributed by atoms with Gasteiger partial charge in [-0.1, -0.05) is 6.07 Å². The summed E-state index contributed by atoms with van der Waals surface area (Å²) in [6.07, 6.45) is 0.383. The van der Waals surface area contributed by atoms with Gasteiger partial charge in [0.2, 0.25) is 0 Å². The normalized spacial score (nSPS) is 17.0. The summed E-state index contributed by atoms with van der Waals surface area (Å²) in [7, 11) is 0. The average molecular weight is 281 g/mol. The Hall–Kier alpha value is -1.70. The molecule has 1 saturated heterocycles. The highest BCUT2D eigenvalue weighted by Crippen LogP contribution is 2.31. The summed E-state index contributed by atoms with van der Waals surface area (Å²) < 4.78 is 5.26. The molecule has 1 fully saturated rings. The standard InChI is InChI=1S/C13H19N3O4/c14-11(3-6-17)10-1-2-12(13(9-10)16(18)19)15-4-7-20-8-5-15/h1-2,9,11,17H,3-8,14H2. The van der Waals surface area contributed by atoms with E-state index in [1.807, 2.05) is 4.90 Å². The van der Waals surface area contributed by atoms with Crippen molar-refractivity contribution in [2.45, 2.75) is 12.5 Å². The quantitative estimate of drug-likeness (QED) is 0.612. The fraction of sp³-hybridized carbons (Fsp3) is 0.538. The van der Waals surface area contributed by atoms with Crippen molar-refractivity contribution >= 4 is 11.4 Å². The van der Waals surface area contributed by atoms with Crippen molar-refractivity contribution in [1.82, 2.24) is 0 Å². The molecule has 0 spiro atoms. The Labute approximate surface area is 117 Å². The number of benzene rings is 1. The highest BCUT2D eigenvalue weighted by atomic mass is 16.6. The lowest BCUT2D eigenvalue weighted by atomic mass is 10.0. The van der Waals surface area contributed by atoms with Gasteiger partial charge in [-0.2, -0.15) is 0 Å². The van der Waals surface area contributed by atoms with Crippen LogP contribution in [-0.4, -0.2) is 42.9 Å². The van der Waals surface area contributed by atoms with Gasteiger partial charge >= 0.3 is 0 Å². The largest absolute Gasteiger partial charge is 0.396 e. The van der Waals surface area contributed by atoms with Gasteiger partial charge < -0.3 is 20.5 Å². The maximum absolute atomic E-state index is 11.3. The van der Waals surface area contributed by atoms with Crippen LogP contribution in [-0.2, 0) is 4.74 Å². The van der Waals surface area contributed by atoms with Crippen molar-refractivity contribution in [3.8, 4) is 0 Å². The second-order valence-electron chi connectivity index (χ2n) is 4.72. The van der Waals surface area contributed by atoms with Crippen molar-refractivity contribution in [2.75, 3.05) is 37.8 Å². The average Bonchev–Trinajstić information content (AvgIpc) is 2.47. The van der Waals surface area contributed by atoms with Gasteiger partial charge in [-0.3, -0.25) is 10.1 Å². The third kappa shape index (κ3) is 3.24. The molecule has 20 heavy (non-hydrogen) atoms. The molecule has 7 heteroatoms. The number of nitro benzene ring substituents is 1. The van der Waals surface area contributed by atoms with Crippen LogP contribution >= 0.6 is 0 Å². The van der Waals surface area contributed by atoms with Crippen molar-refractivity contribution < 1.29 is 14.8 Å². The van der Waals surface area contributed by atoms with Crippen LogP contribution in [0.15, 0.2) is 18.2 Å². The molecule has 1 heterocycles. The van der Waals surface area contributed by atoms with E-state index in [0.717, 1.165) is 0 Å². The maximum Gasteiger partial charge on any atom is 0.292 e. The number of hydrogen-bond donors (Lipinski definition) is 2. The molecular weight excluding hydrogens is 262 g/mol. The van der Waals surface area contributed by atoms with Crippen molar-refractivity contribution in [3.05, 3.63) is 33.9 Å². The minimum Gasteiger partial charge on any atom is -0.396 e. The molecule has 1 unspecified atom stereocenters. The molecule has 1 aromatic rings. The topological polar surface area (TPSA) is 102 Å². The molecule has 0 radical (unpaired) electrons. The Bertz CT molecular complexity index is 475. The number of rotatable bonds is 5. The van der Waals surface area contributed by atoms with E-state index >= 15 is 0 Å². The van der Waals surface area contributed by atoms with E-state index in [2.05, 4.69) is 0 Å². The number of aliphatic hydroxyl groups is 1. The highest BCUT2D eigenvalue weighted by Gasteiger charge is 2.22. The molecule has 110 valence electrons. The SMILES string of the molecule is NC(CCO)c1ccc(N2CCOCC2)c([N+](=O)[O-])c1. The van der Waals surface area contributed by atoms with E-state index in [-0.39, 0.29) is 17.2 Å². The highest BCUT2D eigenvalue weighted by molar-refractivity contribution is 5.64. The van der Waals surface area contributed by atoms with Crippen LogP contribution in [0, 0.1) is 10.1 Å². The fourth-order valence-electron chi connectivity index (χ4n) is 2.29. The third-order valence-corrected chi connectivity index (χ3v) is 3.42. The first-order valence-electron chi connectivity index (χ1n) is 6.61. The number of nitro groups is 1. The summed E-state index contributed by atoms with van der Waals surface area (Å²) in [5.74, 6) is 0. The molecule has 0 aromatic heterocycles. The summed E-state index contributed by atoms with van der Waals surface area (Å²) in [5, 5.41) is 20.2. The van der Waals surface area contributed by atoms with Gasteiger partial charge in [0.1, 0.15) is 5.69 Å². The fourth-order valence-corrected chi connectivity index (χ4v) is 2.29. The summed E-state index contributed by atoms with van der Waals surface area (Å²) in [6.45, 7) is 2.39. The smallest absolute Gasteiger partial charge is 0.292 e. The Morgan fingerprint density at radius 3 is 2.75 bits per heavy atom. The lowest BCUT2D eigenvalue weighted by Gasteiger charge is -2.28. The number of anilines is 1. The maximum atomic E-state index is 11.3. The Morgan fingerprint density at radius 2 is 2.15 bits per heavy atom. The zero-order valence-electron chi connectivity index (χ0n) is 11.2. The number of aliphatic hydroxyl groups excluding tert-OH is 1. The van der Waals surface area contributed by atoms with Gasteiger partial charge in [-0.25, -0.2) is 0 Å². The van der Waals surface area contributed by atoms with Crippen LogP contribution in [0.2, 0.25) is 0 Å². The van der Waals surface area contributed by atoms with Crippen LogP contribution in [0.3, 0.4) is 0 Å². The first kappa shape index (κ1) is 14.7. The van der Waals surface area contributed by atoms with Crippen LogP contribution < -0.4 is 10.6 Å². The first-order chi connectivity index (χ1) is 9.63.